The van der Waals surface area contributed by atoms with Gasteiger partial charge in [0.05, 0.1) is 12.8 Å². The van der Waals surface area contributed by atoms with E-state index in [1.807, 2.05) is 6.92 Å². The lowest BCUT2D eigenvalue weighted by molar-refractivity contribution is 0.326. The monoisotopic (exact) mass is 123 g/mol. The van der Waals surface area contributed by atoms with Crippen LogP contribution in [0.15, 0.2) is 12.4 Å². The summed E-state index contributed by atoms with van der Waals surface area (Å²) >= 11 is 0. The number of ether oxygens (including phenoxy) is 1. The summed E-state index contributed by atoms with van der Waals surface area (Å²) in [6.45, 7) is 2.53. The summed E-state index contributed by atoms with van der Waals surface area (Å²) in [5.74, 6) is 0.576. The van der Waals surface area contributed by atoms with E-state index in [0.29, 0.717) is 12.5 Å². The average Bonchev–Trinajstić information content (AvgIpc) is 1.91. The molecule has 0 aromatic carbocycles. The summed E-state index contributed by atoms with van der Waals surface area (Å²) in [6.07, 6.45) is 4.02. The van der Waals surface area contributed by atoms with Crippen molar-refractivity contribution in [2.75, 3.05) is 6.61 Å². The smallest absolute Gasteiger partial charge is 0.216 e. The minimum atomic E-state index is 0.576. The highest BCUT2D eigenvalue weighted by Crippen LogP contribution is 1.99. The molecule has 0 aliphatic carbocycles. The third-order valence-corrected chi connectivity index (χ3v) is 0.797. The molecule has 0 saturated carbocycles. The Morgan fingerprint density at radius 1 is 1.78 bits per heavy atom. The molecule has 9 heavy (non-hydrogen) atoms. The van der Waals surface area contributed by atoms with E-state index in [1.54, 1.807) is 6.07 Å². The van der Waals surface area contributed by atoms with Gasteiger partial charge in [-0.25, -0.2) is 9.97 Å². The molecule has 0 unspecified atom stereocenters. The molecule has 0 aliphatic rings. The third kappa shape index (κ3) is 1.68. The Hall–Kier alpha value is -1.12. The van der Waals surface area contributed by atoms with Crippen LogP contribution in [0.5, 0.6) is 5.88 Å². The SMILES string of the molecule is CCOc1c[c]ncn1. The summed E-state index contributed by atoms with van der Waals surface area (Å²) in [4.78, 5) is 7.42. The van der Waals surface area contributed by atoms with E-state index in [4.69, 9.17) is 4.74 Å². The number of nitrogens with zero attached hydrogens (tertiary/aromatic N) is 2. The van der Waals surface area contributed by atoms with E-state index in [-0.39, 0.29) is 0 Å². The Morgan fingerprint density at radius 3 is 3.22 bits per heavy atom. The van der Waals surface area contributed by atoms with Gasteiger partial charge in [-0.05, 0) is 6.92 Å². The largest absolute Gasteiger partial charge is 0.478 e. The molecular formula is C6H7N2O. The van der Waals surface area contributed by atoms with Crippen LogP contribution in [0.1, 0.15) is 6.92 Å². The molecule has 0 amide bonds. The number of aromatic nitrogens is 2. The first kappa shape index (κ1) is 6.01. The van der Waals surface area contributed by atoms with Crippen LogP contribution in [0.25, 0.3) is 0 Å². The van der Waals surface area contributed by atoms with E-state index < -0.39 is 0 Å². The Morgan fingerprint density at radius 2 is 2.67 bits per heavy atom. The van der Waals surface area contributed by atoms with Crippen LogP contribution in [0.2, 0.25) is 0 Å². The minimum Gasteiger partial charge on any atom is -0.478 e. The van der Waals surface area contributed by atoms with Crippen molar-refractivity contribution >= 4 is 0 Å². The predicted octanol–water partition coefficient (Wildman–Crippen LogP) is 0.675. The van der Waals surface area contributed by atoms with Crippen molar-refractivity contribution < 1.29 is 4.74 Å². The van der Waals surface area contributed by atoms with Crippen LogP contribution < -0.4 is 4.74 Å². The van der Waals surface area contributed by atoms with E-state index in [2.05, 4.69) is 16.2 Å². The summed E-state index contributed by atoms with van der Waals surface area (Å²) in [6, 6.07) is 1.60. The van der Waals surface area contributed by atoms with Crippen LogP contribution in [0.4, 0.5) is 0 Å². The van der Waals surface area contributed by atoms with Crippen molar-refractivity contribution in [3.63, 3.8) is 0 Å². The Bertz CT molecular complexity index is 164. The van der Waals surface area contributed by atoms with Crippen molar-refractivity contribution in [1.82, 2.24) is 9.97 Å². The lowest BCUT2D eigenvalue weighted by Crippen LogP contribution is -1.93. The Balaban J connectivity index is 2.61. The maximum Gasteiger partial charge on any atom is 0.216 e. The zero-order valence-corrected chi connectivity index (χ0v) is 5.16. The standard InChI is InChI=1S/C6H7N2O/c1-2-9-6-3-4-7-5-8-6/h3,5H,2H2,1H3. The minimum absolute atomic E-state index is 0.576. The van der Waals surface area contributed by atoms with Crippen LogP contribution in [-0.4, -0.2) is 16.6 Å². The van der Waals surface area contributed by atoms with Gasteiger partial charge in [0.25, 0.3) is 0 Å². The molecule has 0 spiro atoms. The predicted molar refractivity (Wildman–Crippen MR) is 32.0 cm³/mol. The maximum absolute atomic E-state index is 5.02. The lowest BCUT2D eigenvalue weighted by Gasteiger charge is -1.96. The molecule has 0 atom stereocenters. The molecular weight excluding hydrogens is 116 g/mol. The maximum atomic E-state index is 5.02. The van der Waals surface area contributed by atoms with E-state index >= 15 is 0 Å². The first-order valence-corrected chi connectivity index (χ1v) is 2.74. The molecule has 1 radical (unpaired) electrons. The quantitative estimate of drug-likeness (QED) is 0.580. The van der Waals surface area contributed by atoms with E-state index in [9.17, 15) is 0 Å². The van der Waals surface area contributed by atoms with Crippen molar-refractivity contribution in [3.8, 4) is 5.88 Å². The molecule has 0 aliphatic heterocycles. The molecule has 1 heterocycles. The lowest BCUT2D eigenvalue weighted by atomic mass is 10.6. The van der Waals surface area contributed by atoms with Crippen molar-refractivity contribution in [3.05, 3.63) is 18.6 Å². The molecule has 3 heteroatoms. The first-order valence-electron chi connectivity index (χ1n) is 2.74. The molecule has 1 rings (SSSR count). The summed E-state index contributed by atoms with van der Waals surface area (Å²) in [5.41, 5.74) is 0. The second kappa shape index (κ2) is 3.02. The van der Waals surface area contributed by atoms with Gasteiger partial charge in [0.1, 0.15) is 6.33 Å². The van der Waals surface area contributed by atoms with Gasteiger partial charge in [-0.2, -0.15) is 0 Å². The van der Waals surface area contributed by atoms with Crippen molar-refractivity contribution in [2.24, 2.45) is 0 Å². The van der Waals surface area contributed by atoms with Crippen molar-refractivity contribution in [1.29, 1.82) is 0 Å². The highest BCUT2D eigenvalue weighted by Gasteiger charge is 1.87. The Labute approximate surface area is 53.7 Å². The molecule has 1 aromatic rings. The summed E-state index contributed by atoms with van der Waals surface area (Å²) < 4.78 is 5.02. The molecule has 0 saturated heterocycles. The van der Waals surface area contributed by atoms with Gasteiger partial charge in [0.15, 0.2) is 0 Å². The fourth-order valence-corrected chi connectivity index (χ4v) is 0.476. The van der Waals surface area contributed by atoms with Crippen molar-refractivity contribution in [2.45, 2.75) is 6.92 Å². The average molecular weight is 123 g/mol. The zero-order chi connectivity index (χ0) is 6.53. The van der Waals surface area contributed by atoms with Gasteiger partial charge >= 0.3 is 0 Å². The van der Waals surface area contributed by atoms with Gasteiger partial charge in [-0.3, -0.25) is 0 Å². The topological polar surface area (TPSA) is 35.0 Å². The Kier molecular flexibility index (Phi) is 2.01. The van der Waals surface area contributed by atoms with Crippen LogP contribution >= 0.6 is 0 Å². The molecule has 0 N–H and O–H groups in total. The normalized spacial score (nSPS) is 9.00. The van der Waals surface area contributed by atoms with Crippen LogP contribution in [-0.2, 0) is 0 Å². The summed E-state index contributed by atoms with van der Waals surface area (Å²) in [7, 11) is 0. The number of rotatable bonds is 2. The summed E-state index contributed by atoms with van der Waals surface area (Å²) in [5, 5.41) is 0. The van der Waals surface area contributed by atoms with Crippen LogP contribution in [0.3, 0.4) is 0 Å². The zero-order valence-electron chi connectivity index (χ0n) is 5.16. The highest BCUT2D eigenvalue weighted by atomic mass is 16.5. The molecule has 3 nitrogen and oxygen atoms in total. The number of hydrogen-bond donors (Lipinski definition) is 0. The molecule has 1 aromatic heterocycles. The molecule has 47 valence electrons. The second-order valence-electron chi connectivity index (χ2n) is 1.42. The number of hydrogen-bond acceptors (Lipinski definition) is 3. The molecule has 0 bridgehead atoms. The second-order valence-corrected chi connectivity index (χ2v) is 1.42. The van der Waals surface area contributed by atoms with Gasteiger partial charge < -0.3 is 4.74 Å². The third-order valence-electron chi connectivity index (χ3n) is 0.797. The fourth-order valence-electron chi connectivity index (χ4n) is 0.476. The van der Waals surface area contributed by atoms with E-state index in [0.717, 1.165) is 0 Å². The highest BCUT2D eigenvalue weighted by molar-refractivity contribution is 5.02. The first-order chi connectivity index (χ1) is 4.43. The van der Waals surface area contributed by atoms with Gasteiger partial charge in [0.2, 0.25) is 5.88 Å². The molecule has 0 fully saturated rings. The van der Waals surface area contributed by atoms with E-state index in [1.165, 1.54) is 6.33 Å². The van der Waals surface area contributed by atoms with Gasteiger partial charge in [0, 0.05) is 6.07 Å². The van der Waals surface area contributed by atoms with Crippen LogP contribution in [0, 0.1) is 6.20 Å². The van der Waals surface area contributed by atoms with Gasteiger partial charge in [-0.15, -0.1) is 0 Å². The fraction of sp³-hybridized carbons (Fsp3) is 0.333. The van der Waals surface area contributed by atoms with Gasteiger partial charge in [-0.1, -0.05) is 0 Å².